The number of hydrogen-bond donors (Lipinski definition) is 2. The molecule has 0 saturated heterocycles. The number of aryl methyl sites for hydroxylation is 1. The Hall–Kier alpha value is -2.80. The average molecular weight is 614 g/mol. The summed E-state index contributed by atoms with van der Waals surface area (Å²) in [5, 5.41) is 22.1. The van der Waals surface area contributed by atoms with E-state index in [9.17, 15) is 10.2 Å². The number of hydrogen-bond acceptors (Lipinski definition) is 4. The fourth-order valence-corrected chi connectivity index (χ4v) is 8.63. The van der Waals surface area contributed by atoms with E-state index in [4.69, 9.17) is 17.2 Å². The summed E-state index contributed by atoms with van der Waals surface area (Å²) in [7, 11) is 0. The van der Waals surface area contributed by atoms with Gasteiger partial charge in [-0.1, -0.05) is 53.2 Å². The first-order valence-corrected chi connectivity index (χ1v) is 15.5. The molecule has 204 valence electrons. The quantitative estimate of drug-likeness (QED) is 0.227. The number of phenols is 1. The molecule has 1 aromatic heterocycles. The van der Waals surface area contributed by atoms with Crippen LogP contribution < -0.4 is 0 Å². The van der Waals surface area contributed by atoms with Gasteiger partial charge in [-0.05, 0) is 133 Å². The highest BCUT2D eigenvalue weighted by Crippen LogP contribution is 2.61. The summed E-state index contributed by atoms with van der Waals surface area (Å²) in [5.74, 6) is 1.87. The highest BCUT2D eigenvalue weighted by atomic mass is 79.9. The molecule has 2 saturated carbocycles. The first-order valence-electron chi connectivity index (χ1n) is 14.3. The van der Waals surface area contributed by atoms with Crippen LogP contribution in [0.2, 0.25) is 0 Å². The number of halogens is 1. The second-order valence-corrected chi connectivity index (χ2v) is 13.4. The molecule has 2 fully saturated rings. The Balaban J connectivity index is 1.35. The summed E-state index contributed by atoms with van der Waals surface area (Å²) in [6.45, 7) is 2.31. The van der Waals surface area contributed by atoms with Gasteiger partial charge in [0.1, 0.15) is 5.75 Å². The maximum absolute atomic E-state index is 11.3. The summed E-state index contributed by atoms with van der Waals surface area (Å²) < 4.78 is 3.45. The molecule has 0 aliphatic heterocycles. The van der Waals surface area contributed by atoms with E-state index in [1.807, 2.05) is 53.1 Å². The van der Waals surface area contributed by atoms with Crippen molar-refractivity contribution in [2.24, 2.45) is 17.3 Å². The predicted octanol–water partition coefficient (Wildman–Crippen LogP) is 8.62. The molecule has 7 rings (SSSR count). The van der Waals surface area contributed by atoms with Crippen LogP contribution in [0.25, 0.3) is 28.2 Å². The number of aliphatic hydroxyl groups excluding tert-OH is 1. The summed E-state index contributed by atoms with van der Waals surface area (Å²) in [6, 6.07) is 24.5. The maximum Gasteiger partial charge on any atom is 0.205 e. The number of fused-ring (bicyclic) bond motifs is 5. The molecule has 0 amide bonds. The molecule has 6 heteroatoms. The van der Waals surface area contributed by atoms with Gasteiger partial charge in [-0.3, -0.25) is 4.57 Å². The number of benzene rings is 3. The number of aromatic nitrogens is 2. The van der Waals surface area contributed by atoms with Gasteiger partial charge in [-0.15, -0.1) is 0 Å². The van der Waals surface area contributed by atoms with Crippen LogP contribution in [-0.2, 0) is 6.42 Å². The number of aromatic hydroxyl groups is 1. The molecule has 0 spiro atoms. The van der Waals surface area contributed by atoms with Gasteiger partial charge in [0.15, 0.2) is 0 Å². The van der Waals surface area contributed by atoms with Crippen LogP contribution >= 0.6 is 28.1 Å². The van der Waals surface area contributed by atoms with Crippen LogP contribution in [0.5, 0.6) is 5.75 Å². The SMILES string of the molecule is C[C@]12CC[C@@H]3c4cc(-c5cc(-c6ccccc6)n(-c6ccc(Br)cc6)c(=S)n5)c(O)cc4CC[C@H]3[C@@H]1CC[C@@H]2O. The van der Waals surface area contributed by atoms with Gasteiger partial charge in [-0.25, -0.2) is 4.98 Å². The van der Waals surface area contributed by atoms with E-state index in [-0.39, 0.29) is 17.3 Å². The molecule has 5 atom stereocenters. The zero-order valence-corrected chi connectivity index (χ0v) is 25.0. The maximum atomic E-state index is 11.3. The van der Waals surface area contributed by atoms with Crippen molar-refractivity contribution in [3.63, 3.8) is 0 Å². The van der Waals surface area contributed by atoms with E-state index in [2.05, 4.69) is 47.1 Å². The molecule has 0 unspecified atom stereocenters. The Bertz CT molecular complexity index is 1650. The van der Waals surface area contributed by atoms with Crippen molar-refractivity contribution in [1.29, 1.82) is 0 Å². The van der Waals surface area contributed by atoms with Gasteiger partial charge >= 0.3 is 0 Å². The zero-order valence-electron chi connectivity index (χ0n) is 22.6. The molecular formula is C34H33BrN2O2S. The third-order valence-corrected chi connectivity index (χ3v) is 10.9. The van der Waals surface area contributed by atoms with Gasteiger partial charge in [0, 0.05) is 15.7 Å². The van der Waals surface area contributed by atoms with E-state index in [1.54, 1.807) is 0 Å². The van der Waals surface area contributed by atoms with Gasteiger partial charge in [0.05, 0.1) is 17.5 Å². The van der Waals surface area contributed by atoms with E-state index in [0.29, 0.717) is 28.2 Å². The number of aliphatic hydroxyl groups is 1. The molecule has 3 aromatic carbocycles. The van der Waals surface area contributed by atoms with E-state index in [1.165, 1.54) is 11.1 Å². The largest absolute Gasteiger partial charge is 0.507 e. The second kappa shape index (κ2) is 9.93. The number of phenolic OH excluding ortho intramolecular Hbond substituents is 1. The lowest BCUT2D eigenvalue weighted by molar-refractivity contribution is -0.0226. The van der Waals surface area contributed by atoms with Crippen LogP contribution in [0.3, 0.4) is 0 Å². The molecule has 3 aliphatic carbocycles. The molecule has 3 aliphatic rings. The van der Waals surface area contributed by atoms with Gasteiger partial charge in [0.25, 0.3) is 0 Å². The van der Waals surface area contributed by atoms with Crippen molar-refractivity contribution in [1.82, 2.24) is 9.55 Å². The number of nitrogens with zero attached hydrogens (tertiary/aromatic N) is 2. The Kier molecular flexibility index (Phi) is 6.49. The lowest BCUT2D eigenvalue weighted by Gasteiger charge is -2.50. The van der Waals surface area contributed by atoms with Crippen LogP contribution in [0.4, 0.5) is 0 Å². The Labute approximate surface area is 248 Å². The minimum atomic E-state index is -0.178. The van der Waals surface area contributed by atoms with E-state index >= 15 is 0 Å². The van der Waals surface area contributed by atoms with Crippen molar-refractivity contribution in [3.05, 3.63) is 93.2 Å². The summed E-state index contributed by atoms with van der Waals surface area (Å²) in [4.78, 5) is 4.89. The van der Waals surface area contributed by atoms with E-state index in [0.717, 1.165) is 65.5 Å². The highest BCUT2D eigenvalue weighted by molar-refractivity contribution is 9.10. The van der Waals surface area contributed by atoms with Crippen LogP contribution in [0.15, 0.2) is 77.3 Å². The molecular weight excluding hydrogens is 580 g/mol. The highest BCUT2D eigenvalue weighted by Gasteiger charge is 2.54. The van der Waals surface area contributed by atoms with Gasteiger partial charge in [-0.2, -0.15) is 0 Å². The van der Waals surface area contributed by atoms with Crippen LogP contribution in [-0.4, -0.2) is 25.9 Å². The minimum absolute atomic E-state index is 0.0435. The fourth-order valence-electron chi connectivity index (χ4n) is 8.07. The topological polar surface area (TPSA) is 58.3 Å². The van der Waals surface area contributed by atoms with Gasteiger partial charge in [0.2, 0.25) is 4.77 Å². The first-order chi connectivity index (χ1) is 19.3. The lowest BCUT2D eigenvalue weighted by Crippen LogP contribution is -2.43. The summed E-state index contributed by atoms with van der Waals surface area (Å²) in [6.07, 6.45) is 6.11. The minimum Gasteiger partial charge on any atom is -0.507 e. The molecule has 0 radical (unpaired) electrons. The second-order valence-electron chi connectivity index (χ2n) is 12.1. The van der Waals surface area contributed by atoms with Crippen LogP contribution in [0.1, 0.15) is 56.1 Å². The van der Waals surface area contributed by atoms with Crippen molar-refractivity contribution < 1.29 is 10.2 Å². The molecule has 4 nitrogen and oxygen atoms in total. The molecule has 2 N–H and O–H groups in total. The third-order valence-electron chi connectivity index (χ3n) is 10.1. The Morgan fingerprint density at radius 3 is 2.52 bits per heavy atom. The summed E-state index contributed by atoms with van der Waals surface area (Å²) >= 11 is 9.44. The lowest BCUT2D eigenvalue weighted by atomic mass is 9.55. The number of rotatable bonds is 3. The third kappa shape index (κ3) is 4.18. The smallest absolute Gasteiger partial charge is 0.205 e. The zero-order chi connectivity index (χ0) is 27.6. The van der Waals surface area contributed by atoms with Gasteiger partial charge < -0.3 is 10.2 Å². The van der Waals surface area contributed by atoms with Crippen LogP contribution in [0, 0.1) is 22.0 Å². The van der Waals surface area contributed by atoms with Crippen molar-refractivity contribution in [3.8, 4) is 34.0 Å². The molecule has 4 aromatic rings. The average Bonchev–Trinajstić information content (AvgIpc) is 3.27. The Morgan fingerprint density at radius 2 is 1.75 bits per heavy atom. The van der Waals surface area contributed by atoms with Crippen molar-refractivity contribution in [2.45, 2.75) is 57.5 Å². The van der Waals surface area contributed by atoms with E-state index < -0.39 is 0 Å². The fraction of sp³-hybridized carbons (Fsp3) is 0.353. The van der Waals surface area contributed by atoms with Crippen molar-refractivity contribution in [2.75, 3.05) is 0 Å². The molecule has 0 bridgehead atoms. The monoisotopic (exact) mass is 612 g/mol. The first kappa shape index (κ1) is 26.1. The predicted molar refractivity (Wildman–Crippen MR) is 165 cm³/mol. The standard InChI is InChI=1S/C34H33BrN2O2S/c1-34-16-15-24-25(28(34)13-14-32(34)39)12-7-21-17-31(38)27(18-26(21)24)29-19-30(20-5-3-2-4-6-20)37(33(40)36-29)23-10-8-22(35)9-11-23/h2-6,8-11,17-19,24-25,28,32,38-39H,7,12-16H2,1H3/t24-,25+,28-,32-,34-/m0/s1. The molecule has 1 heterocycles. The van der Waals surface area contributed by atoms with Crippen molar-refractivity contribution >= 4 is 28.1 Å². The summed E-state index contributed by atoms with van der Waals surface area (Å²) in [5.41, 5.74) is 6.99. The molecule has 40 heavy (non-hydrogen) atoms. The normalized spacial score (nSPS) is 27.1. The Morgan fingerprint density at radius 1 is 0.975 bits per heavy atom.